The van der Waals surface area contributed by atoms with Crippen LogP contribution in [0.25, 0.3) is 0 Å². The van der Waals surface area contributed by atoms with Crippen molar-refractivity contribution in [3.05, 3.63) is 12.2 Å². The predicted octanol–water partition coefficient (Wildman–Crippen LogP) is 18.6. The summed E-state index contributed by atoms with van der Waals surface area (Å²) >= 11 is 0. The molecule has 0 bridgehead atoms. The van der Waals surface area contributed by atoms with Crippen molar-refractivity contribution in [2.45, 2.75) is 328 Å². The molecule has 3 atom stereocenters. The van der Waals surface area contributed by atoms with Crippen LogP contribution in [-0.4, -0.2) is 73.4 Å². The van der Waals surface area contributed by atoms with E-state index in [0.29, 0.717) is 17.4 Å². The van der Waals surface area contributed by atoms with E-state index in [9.17, 15) is 19.4 Å². The molecule has 3 unspecified atom stereocenters. The molecule has 0 heterocycles. The standard InChI is InChI=1S/C60H121N2O6P/c1-6-8-10-12-14-16-18-20-22-24-26-28-30-32-34-36-38-40-42-44-46-48-50-52-54-60(64)61-58(57-68-69(65,66)67-56-55-62(3,4)5)59(63)53-51-49-47-45-43-41-39-37-35-33-31-29-27-25-23-21-19-17-15-13-11-9-7-2/h51,53,58-59,63H,6-50,52,54-57H2,1-5H3,(H-,61,64,65,66)/p+1/b53-51+. The molecule has 0 aromatic heterocycles. The van der Waals surface area contributed by atoms with Gasteiger partial charge in [-0.25, -0.2) is 4.57 Å². The lowest BCUT2D eigenvalue weighted by Crippen LogP contribution is -2.45. The van der Waals surface area contributed by atoms with E-state index in [-0.39, 0.29) is 19.1 Å². The van der Waals surface area contributed by atoms with Gasteiger partial charge in [0.1, 0.15) is 13.2 Å². The second kappa shape index (κ2) is 52.1. The number of aliphatic hydroxyl groups excluding tert-OH is 1. The van der Waals surface area contributed by atoms with E-state index in [2.05, 4.69) is 19.2 Å². The zero-order chi connectivity index (χ0) is 50.6. The van der Waals surface area contributed by atoms with Crippen molar-refractivity contribution in [3.8, 4) is 0 Å². The Labute approximate surface area is 431 Å². The molecule has 0 radical (unpaired) electrons. The van der Waals surface area contributed by atoms with Crippen LogP contribution in [0.5, 0.6) is 0 Å². The van der Waals surface area contributed by atoms with Gasteiger partial charge in [0.2, 0.25) is 5.91 Å². The summed E-state index contributed by atoms with van der Waals surface area (Å²) in [4.78, 5) is 23.3. The third kappa shape index (κ3) is 54.8. The van der Waals surface area contributed by atoms with Crippen LogP contribution in [0.2, 0.25) is 0 Å². The van der Waals surface area contributed by atoms with Gasteiger partial charge in [0.05, 0.1) is 39.9 Å². The van der Waals surface area contributed by atoms with Gasteiger partial charge in [-0.2, -0.15) is 0 Å². The zero-order valence-corrected chi connectivity index (χ0v) is 48.0. The zero-order valence-electron chi connectivity index (χ0n) is 47.1. The highest BCUT2D eigenvalue weighted by Gasteiger charge is 2.27. The molecule has 412 valence electrons. The number of rotatable bonds is 57. The van der Waals surface area contributed by atoms with Gasteiger partial charge in [-0.3, -0.25) is 13.8 Å². The van der Waals surface area contributed by atoms with E-state index >= 15 is 0 Å². The average Bonchev–Trinajstić information content (AvgIpc) is 3.31. The molecule has 0 fully saturated rings. The van der Waals surface area contributed by atoms with Crippen molar-refractivity contribution >= 4 is 13.7 Å². The molecule has 0 aliphatic rings. The quantitative estimate of drug-likeness (QED) is 0.0243. The molecule has 3 N–H and O–H groups in total. The second-order valence-electron chi connectivity index (χ2n) is 22.4. The van der Waals surface area contributed by atoms with Gasteiger partial charge in [0.15, 0.2) is 0 Å². The van der Waals surface area contributed by atoms with Crippen molar-refractivity contribution in [3.63, 3.8) is 0 Å². The Morgan fingerprint density at radius 2 is 0.768 bits per heavy atom. The first-order chi connectivity index (χ1) is 33.5. The second-order valence-corrected chi connectivity index (χ2v) is 23.9. The first kappa shape index (κ1) is 68.2. The van der Waals surface area contributed by atoms with Crippen LogP contribution in [0.15, 0.2) is 12.2 Å². The fraction of sp³-hybridized carbons (Fsp3) is 0.950. The number of hydrogen-bond donors (Lipinski definition) is 3. The molecule has 0 aromatic rings. The molecular weight excluding hydrogens is 876 g/mol. The number of quaternary nitrogens is 1. The highest BCUT2D eigenvalue weighted by atomic mass is 31.2. The summed E-state index contributed by atoms with van der Waals surface area (Å²) in [5.41, 5.74) is 0. The van der Waals surface area contributed by atoms with Gasteiger partial charge < -0.3 is 19.8 Å². The summed E-state index contributed by atoms with van der Waals surface area (Å²) < 4.78 is 23.8. The number of hydrogen-bond acceptors (Lipinski definition) is 5. The Kier molecular flexibility index (Phi) is 51.5. The van der Waals surface area contributed by atoms with E-state index in [0.717, 1.165) is 32.1 Å². The summed E-state index contributed by atoms with van der Waals surface area (Å²) in [5.74, 6) is -0.169. The minimum Gasteiger partial charge on any atom is -0.387 e. The molecule has 8 nitrogen and oxygen atoms in total. The third-order valence-corrected chi connectivity index (χ3v) is 15.2. The van der Waals surface area contributed by atoms with Crippen molar-refractivity contribution in [2.75, 3.05) is 40.9 Å². The number of aliphatic hydroxyl groups is 1. The monoisotopic (exact) mass is 998 g/mol. The van der Waals surface area contributed by atoms with Gasteiger partial charge in [0, 0.05) is 6.42 Å². The Hall–Kier alpha value is -0.760. The number of allylic oxidation sites excluding steroid dienone is 1. The Morgan fingerprint density at radius 1 is 0.478 bits per heavy atom. The first-order valence-corrected chi connectivity index (χ1v) is 32.1. The summed E-state index contributed by atoms with van der Waals surface area (Å²) in [7, 11) is 1.59. The van der Waals surface area contributed by atoms with E-state index in [1.54, 1.807) is 6.08 Å². The van der Waals surface area contributed by atoms with Crippen LogP contribution in [-0.2, 0) is 18.4 Å². The van der Waals surface area contributed by atoms with Gasteiger partial charge in [-0.15, -0.1) is 0 Å². The van der Waals surface area contributed by atoms with E-state index in [1.807, 2.05) is 27.2 Å². The molecule has 69 heavy (non-hydrogen) atoms. The van der Waals surface area contributed by atoms with Crippen LogP contribution in [0.4, 0.5) is 0 Å². The summed E-state index contributed by atoms with van der Waals surface area (Å²) in [6.45, 7) is 4.88. The predicted molar refractivity (Wildman–Crippen MR) is 300 cm³/mol. The maximum absolute atomic E-state index is 13.0. The molecule has 0 rings (SSSR count). The van der Waals surface area contributed by atoms with Crippen molar-refractivity contribution in [2.24, 2.45) is 0 Å². The number of phosphoric ester groups is 1. The van der Waals surface area contributed by atoms with Gasteiger partial charge in [-0.05, 0) is 19.3 Å². The normalized spacial score (nSPS) is 13.9. The largest absolute Gasteiger partial charge is 0.472 e. The molecule has 0 spiro atoms. The highest BCUT2D eigenvalue weighted by molar-refractivity contribution is 7.47. The van der Waals surface area contributed by atoms with Crippen molar-refractivity contribution in [1.82, 2.24) is 5.32 Å². The highest BCUT2D eigenvalue weighted by Crippen LogP contribution is 2.43. The number of phosphoric acid groups is 1. The maximum atomic E-state index is 13.0. The molecule has 0 saturated carbocycles. The van der Waals surface area contributed by atoms with E-state index < -0.39 is 20.0 Å². The Balaban J connectivity index is 4.14. The number of nitrogens with one attached hydrogen (secondary N) is 1. The lowest BCUT2D eigenvalue weighted by atomic mass is 10.0. The fourth-order valence-electron chi connectivity index (χ4n) is 9.46. The van der Waals surface area contributed by atoms with Crippen LogP contribution in [0.1, 0.15) is 316 Å². The lowest BCUT2D eigenvalue weighted by Gasteiger charge is -2.25. The van der Waals surface area contributed by atoms with Crippen LogP contribution >= 0.6 is 7.82 Å². The van der Waals surface area contributed by atoms with Gasteiger partial charge in [0.25, 0.3) is 0 Å². The van der Waals surface area contributed by atoms with Crippen LogP contribution < -0.4 is 5.32 Å². The number of amides is 1. The average molecular weight is 999 g/mol. The fourth-order valence-corrected chi connectivity index (χ4v) is 10.2. The van der Waals surface area contributed by atoms with Crippen LogP contribution in [0.3, 0.4) is 0 Å². The Morgan fingerprint density at radius 3 is 1.07 bits per heavy atom. The number of carbonyl (C=O) groups is 1. The SMILES string of the molecule is CCCCCCCCCCCCCCCCCCCCCCC/C=C/C(O)C(COP(=O)(O)OCC[N+](C)(C)C)NC(=O)CCCCCCCCCCCCCCCCCCCCCCCCCC. The molecule has 0 saturated heterocycles. The summed E-state index contributed by atoms with van der Waals surface area (Å²) in [6, 6.07) is -0.842. The molecule has 9 heteroatoms. The van der Waals surface area contributed by atoms with Crippen molar-refractivity contribution < 1.29 is 32.9 Å². The molecule has 0 aromatic carbocycles. The maximum Gasteiger partial charge on any atom is 0.472 e. The topological polar surface area (TPSA) is 105 Å². The van der Waals surface area contributed by atoms with Crippen LogP contribution in [0, 0.1) is 0 Å². The van der Waals surface area contributed by atoms with Crippen molar-refractivity contribution in [1.29, 1.82) is 0 Å². The minimum atomic E-state index is -4.34. The molecular formula is C60H122N2O6P+. The lowest BCUT2D eigenvalue weighted by molar-refractivity contribution is -0.870. The van der Waals surface area contributed by atoms with E-state index in [1.165, 1.54) is 263 Å². The summed E-state index contributed by atoms with van der Waals surface area (Å²) in [6.07, 6.45) is 64.6. The molecule has 1 amide bonds. The van der Waals surface area contributed by atoms with Gasteiger partial charge in [-0.1, -0.05) is 302 Å². The Bertz CT molecular complexity index is 1130. The number of carbonyl (C=O) groups excluding carboxylic acids is 1. The number of nitrogens with zero attached hydrogens (tertiary/aromatic N) is 1. The third-order valence-electron chi connectivity index (χ3n) is 14.3. The molecule has 0 aliphatic heterocycles. The molecule has 0 aliphatic carbocycles. The first-order valence-electron chi connectivity index (χ1n) is 30.6. The van der Waals surface area contributed by atoms with E-state index in [4.69, 9.17) is 9.05 Å². The number of unbranched alkanes of at least 4 members (excludes halogenated alkanes) is 44. The smallest absolute Gasteiger partial charge is 0.387 e. The van der Waals surface area contributed by atoms with Gasteiger partial charge >= 0.3 is 7.82 Å². The number of likely N-dealkylation sites (N-methyl/N-ethyl adjacent to an activating group) is 1. The minimum absolute atomic E-state index is 0.0653. The summed E-state index contributed by atoms with van der Waals surface area (Å²) in [5, 5.41) is 14.0.